The minimum Gasteiger partial charge on any atom is -0.467 e. The predicted molar refractivity (Wildman–Crippen MR) is 114 cm³/mol. The number of para-hydroxylation sites is 1. The SMILES string of the molecule is Cc1ccc(-n2nc(C)c3c(C(F)(F)F)cc(OCC(=O)Nc4ccccc4F)nc32)cc1. The third-order valence-electron chi connectivity index (χ3n) is 4.87. The smallest absolute Gasteiger partial charge is 0.417 e. The number of benzene rings is 2. The van der Waals surface area contributed by atoms with Crippen molar-refractivity contribution in [1.29, 1.82) is 0 Å². The molecule has 0 unspecified atom stereocenters. The minimum absolute atomic E-state index is 0.0595. The summed E-state index contributed by atoms with van der Waals surface area (Å²) in [7, 11) is 0. The molecular formula is C23H18F4N4O2. The molecule has 0 bridgehead atoms. The third-order valence-corrected chi connectivity index (χ3v) is 4.87. The number of aromatic nitrogens is 3. The van der Waals surface area contributed by atoms with Crippen LogP contribution < -0.4 is 10.1 Å². The first-order valence-electron chi connectivity index (χ1n) is 9.85. The van der Waals surface area contributed by atoms with Gasteiger partial charge in [-0.2, -0.15) is 23.3 Å². The number of carbonyl (C=O) groups is 1. The van der Waals surface area contributed by atoms with Crippen LogP contribution in [0.4, 0.5) is 23.2 Å². The molecule has 4 aromatic rings. The first kappa shape index (κ1) is 22.3. The van der Waals surface area contributed by atoms with Crippen LogP contribution in [0.2, 0.25) is 0 Å². The van der Waals surface area contributed by atoms with Gasteiger partial charge in [-0.1, -0.05) is 29.8 Å². The molecule has 0 aliphatic rings. The van der Waals surface area contributed by atoms with Crippen LogP contribution in [0.3, 0.4) is 0 Å². The summed E-state index contributed by atoms with van der Waals surface area (Å²) in [6, 6.07) is 13.3. The van der Waals surface area contributed by atoms with E-state index in [-0.39, 0.29) is 22.4 Å². The molecule has 2 aromatic heterocycles. The van der Waals surface area contributed by atoms with Crippen molar-refractivity contribution < 1.29 is 27.1 Å². The summed E-state index contributed by atoms with van der Waals surface area (Å²) in [6.45, 7) is 2.68. The number of ether oxygens (including phenoxy) is 1. The summed E-state index contributed by atoms with van der Waals surface area (Å²) in [4.78, 5) is 16.3. The quantitative estimate of drug-likeness (QED) is 0.417. The standard InChI is InChI=1S/C23H18F4N4O2/c1-13-7-9-15(10-8-13)31-22-21(14(2)30-31)16(23(25,26)27)11-20(29-22)33-12-19(32)28-18-6-4-3-5-17(18)24/h3-11H,12H2,1-2H3,(H,28,32). The first-order valence-corrected chi connectivity index (χ1v) is 9.85. The van der Waals surface area contributed by atoms with Gasteiger partial charge >= 0.3 is 6.18 Å². The van der Waals surface area contributed by atoms with Crippen LogP contribution in [0.15, 0.2) is 54.6 Å². The number of hydrogen-bond donors (Lipinski definition) is 1. The molecule has 10 heteroatoms. The fraction of sp³-hybridized carbons (Fsp3) is 0.174. The molecule has 0 spiro atoms. The zero-order valence-electron chi connectivity index (χ0n) is 17.6. The Labute approximate surface area is 185 Å². The summed E-state index contributed by atoms with van der Waals surface area (Å²) in [5.74, 6) is -1.81. The van der Waals surface area contributed by atoms with Crippen molar-refractivity contribution in [3.63, 3.8) is 0 Å². The van der Waals surface area contributed by atoms with Crippen molar-refractivity contribution in [2.24, 2.45) is 0 Å². The molecule has 6 nitrogen and oxygen atoms in total. The lowest BCUT2D eigenvalue weighted by molar-refractivity contribution is -0.136. The third kappa shape index (κ3) is 4.64. The van der Waals surface area contributed by atoms with Gasteiger partial charge in [-0.3, -0.25) is 4.79 Å². The average Bonchev–Trinajstić information content (AvgIpc) is 3.09. The molecule has 0 aliphatic carbocycles. The number of aryl methyl sites for hydroxylation is 2. The topological polar surface area (TPSA) is 69.0 Å². The Morgan fingerprint density at radius 1 is 1.09 bits per heavy atom. The first-order chi connectivity index (χ1) is 15.6. The van der Waals surface area contributed by atoms with Gasteiger partial charge in [0, 0.05) is 6.07 Å². The van der Waals surface area contributed by atoms with Gasteiger partial charge < -0.3 is 10.1 Å². The van der Waals surface area contributed by atoms with E-state index in [1.165, 1.54) is 29.8 Å². The number of nitrogens with zero attached hydrogens (tertiary/aromatic N) is 3. The number of nitrogens with one attached hydrogen (secondary N) is 1. The number of rotatable bonds is 5. The molecule has 4 rings (SSSR count). The Morgan fingerprint density at radius 2 is 1.79 bits per heavy atom. The zero-order chi connectivity index (χ0) is 23.8. The van der Waals surface area contributed by atoms with Crippen LogP contribution in [0.25, 0.3) is 16.7 Å². The average molecular weight is 458 g/mol. The Kier molecular flexibility index (Phi) is 5.75. The van der Waals surface area contributed by atoms with Crippen molar-refractivity contribution in [1.82, 2.24) is 14.8 Å². The van der Waals surface area contributed by atoms with Crippen LogP contribution in [-0.4, -0.2) is 27.3 Å². The van der Waals surface area contributed by atoms with E-state index in [1.54, 1.807) is 24.3 Å². The Bertz CT molecular complexity index is 1330. The maximum absolute atomic E-state index is 13.8. The fourth-order valence-corrected chi connectivity index (χ4v) is 3.32. The lowest BCUT2D eigenvalue weighted by Gasteiger charge is -2.12. The summed E-state index contributed by atoms with van der Waals surface area (Å²) >= 11 is 0. The monoisotopic (exact) mass is 458 g/mol. The highest BCUT2D eigenvalue weighted by Crippen LogP contribution is 2.38. The van der Waals surface area contributed by atoms with Gasteiger partial charge in [-0.15, -0.1) is 0 Å². The Hall–Kier alpha value is -3.95. The number of anilines is 1. The van der Waals surface area contributed by atoms with Gasteiger partial charge in [0.25, 0.3) is 5.91 Å². The second kappa shape index (κ2) is 8.53. The second-order valence-electron chi connectivity index (χ2n) is 7.35. The van der Waals surface area contributed by atoms with Crippen molar-refractivity contribution in [2.75, 3.05) is 11.9 Å². The van der Waals surface area contributed by atoms with Crippen LogP contribution >= 0.6 is 0 Å². The number of amides is 1. The number of carbonyl (C=O) groups excluding carboxylic acids is 1. The van der Waals surface area contributed by atoms with Crippen LogP contribution in [0, 0.1) is 19.7 Å². The van der Waals surface area contributed by atoms with E-state index in [2.05, 4.69) is 15.4 Å². The molecular weight excluding hydrogens is 440 g/mol. The van der Waals surface area contributed by atoms with Gasteiger partial charge in [-0.05, 0) is 38.1 Å². The molecule has 0 radical (unpaired) electrons. The zero-order valence-corrected chi connectivity index (χ0v) is 17.6. The van der Waals surface area contributed by atoms with Crippen LogP contribution in [0.1, 0.15) is 16.8 Å². The molecule has 1 amide bonds. The van der Waals surface area contributed by atoms with Crippen molar-refractivity contribution in [3.8, 4) is 11.6 Å². The second-order valence-corrected chi connectivity index (χ2v) is 7.35. The van der Waals surface area contributed by atoms with E-state index in [0.717, 1.165) is 17.7 Å². The molecule has 0 saturated heterocycles. The van der Waals surface area contributed by atoms with E-state index in [9.17, 15) is 22.4 Å². The molecule has 33 heavy (non-hydrogen) atoms. The lowest BCUT2D eigenvalue weighted by Crippen LogP contribution is -2.21. The minimum atomic E-state index is -4.71. The van der Waals surface area contributed by atoms with Crippen LogP contribution in [0.5, 0.6) is 5.88 Å². The number of fused-ring (bicyclic) bond motifs is 1. The lowest BCUT2D eigenvalue weighted by atomic mass is 10.1. The van der Waals surface area contributed by atoms with E-state index in [0.29, 0.717) is 5.69 Å². The highest BCUT2D eigenvalue weighted by atomic mass is 19.4. The molecule has 0 saturated carbocycles. The van der Waals surface area contributed by atoms with Crippen molar-refractivity contribution in [3.05, 3.63) is 77.2 Å². The van der Waals surface area contributed by atoms with Gasteiger partial charge in [0.1, 0.15) is 5.82 Å². The molecule has 170 valence electrons. The fourth-order valence-electron chi connectivity index (χ4n) is 3.32. The maximum Gasteiger partial charge on any atom is 0.417 e. The van der Waals surface area contributed by atoms with Crippen molar-refractivity contribution in [2.45, 2.75) is 20.0 Å². The van der Waals surface area contributed by atoms with Gasteiger partial charge in [-0.25, -0.2) is 9.07 Å². The summed E-state index contributed by atoms with van der Waals surface area (Å²) in [5, 5.41) is 6.39. The molecule has 0 fully saturated rings. The van der Waals surface area contributed by atoms with E-state index in [1.807, 2.05) is 6.92 Å². The number of hydrogen-bond acceptors (Lipinski definition) is 4. The Morgan fingerprint density at radius 3 is 2.45 bits per heavy atom. The molecule has 2 aromatic carbocycles. The summed E-state index contributed by atoms with van der Waals surface area (Å²) in [6.07, 6.45) is -4.71. The highest BCUT2D eigenvalue weighted by molar-refractivity contribution is 5.92. The summed E-state index contributed by atoms with van der Waals surface area (Å²) < 4.78 is 61.8. The van der Waals surface area contributed by atoms with Crippen molar-refractivity contribution >= 4 is 22.6 Å². The van der Waals surface area contributed by atoms with E-state index >= 15 is 0 Å². The Balaban J connectivity index is 1.69. The largest absolute Gasteiger partial charge is 0.467 e. The number of alkyl halides is 3. The summed E-state index contributed by atoms with van der Waals surface area (Å²) in [5.41, 5.74) is 0.533. The van der Waals surface area contributed by atoms with Gasteiger partial charge in [0.15, 0.2) is 12.3 Å². The van der Waals surface area contributed by atoms with E-state index < -0.39 is 36.0 Å². The molecule has 0 atom stereocenters. The predicted octanol–water partition coefficient (Wildman–Crippen LogP) is 5.21. The normalized spacial score (nSPS) is 11.6. The van der Waals surface area contributed by atoms with Crippen LogP contribution in [-0.2, 0) is 11.0 Å². The number of pyridine rings is 1. The van der Waals surface area contributed by atoms with E-state index in [4.69, 9.17) is 4.74 Å². The molecule has 0 aliphatic heterocycles. The molecule has 1 N–H and O–H groups in total. The maximum atomic E-state index is 13.8. The van der Waals surface area contributed by atoms with Gasteiger partial charge in [0.2, 0.25) is 5.88 Å². The molecule has 2 heterocycles. The number of halogens is 4. The highest BCUT2D eigenvalue weighted by Gasteiger charge is 2.36. The van der Waals surface area contributed by atoms with Gasteiger partial charge in [0.05, 0.1) is 28.0 Å².